The second-order valence-electron chi connectivity index (χ2n) is 4.28. The minimum atomic E-state index is -1.04. The monoisotopic (exact) mass is 312 g/mol. The highest BCUT2D eigenvalue weighted by Gasteiger charge is 2.38. The highest BCUT2D eigenvalue weighted by atomic mass is 35.5. The highest BCUT2D eigenvalue weighted by Crippen LogP contribution is 2.26. The Bertz CT molecular complexity index is 662. The van der Waals surface area contributed by atoms with Gasteiger partial charge in [0.05, 0.1) is 11.3 Å². The number of nitrogens with one attached hydrogen (secondary N) is 1. The van der Waals surface area contributed by atoms with Crippen molar-refractivity contribution in [2.24, 2.45) is 0 Å². The molecule has 0 aliphatic carbocycles. The van der Waals surface area contributed by atoms with E-state index in [1.54, 1.807) is 0 Å². The third-order valence-corrected chi connectivity index (χ3v) is 3.27. The quantitative estimate of drug-likeness (QED) is 0.366. The Labute approximate surface area is 123 Å². The van der Waals surface area contributed by atoms with Crippen molar-refractivity contribution in [1.82, 2.24) is 15.2 Å². The molecule has 1 fully saturated rings. The van der Waals surface area contributed by atoms with E-state index in [-0.39, 0.29) is 12.0 Å². The zero-order valence-electron chi connectivity index (χ0n) is 10.7. The van der Waals surface area contributed by atoms with Crippen molar-refractivity contribution < 1.29 is 19.3 Å². The summed E-state index contributed by atoms with van der Waals surface area (Å²) in [7, 11) is 1.29. The number of likely N-dealkylation sites (tertiary alicyclic amines) is 1. The predicted molar refractivity (Wildman–Crippen MR) is 69.5 cm³/mol. The van der Waals surface area contributed by atoms with E-state index in [0.717, 1.165) is 17.2 Å². The molecule has 2 rings (SSSR count). The number of aromatic nitrogens is 1. The lowest BCUT2D eigenvalue weighted by Gasteiger charge is -2.11. The minimum absolute atomic E-state index is 0.187. The molecule has 1 atom stereocenters. The van der Waals surface area contributed by atoms with Crippen LogP contribution in [0.2, 0.25) is 5.15 Å². The molecule has 1 aromatic heterocycles. The summed E-state index contributed by atoms with van der Waals surface area (Å²) in [6, 6.07) is 0.0752. The van der Waals surface area contributed by atoms with E-state index in [1.807, 2.05) is 0 Å². The first-order valence-corrected chi connectivity index (χ1v) is 6.11. The summed E-state index contributed by atoms with van der Waals surface area (Å²) in [6.07, 6.45) is 0.950. The number of likely N-dealkylation sites (N-methyl/N-ethyl adjacent to an activating group) is 1. The molecular formula is C11H9ClN4O5. The van der Waals surface area contributed by atoms with Gasteiger partial charge >= 0.3 is 5.69 Å². The SMILES string of the molecule is CN1C(=O)CC(NC(=O)c2ccnc(Cl)c2[N+](=O)[O-])C1=O. The standard InChI is InChI=1S/C11H9ClN4O5/c1-15-7(17)4-6(11(15)19)14-10(18)5-2-3-13-9(12)8(5)16(20)21/h2-3,6H,4H2,1H3,(H,14,18). The van der Waals surface area contributed by atoms with Crippen molar-refractivity contribution in [3.8, 4) is 0 Å². The lowest BCUT2D eigenvalue weighted by molar-refractivity contribution is -0.385. The summed E-state index contributed by atoms with van der Waals surface area (Å²) >= 11 is 5.60. The van der Waals surface area contributed by atoms with Gasteiger partial charge in [0.2, 0.25) is 11.1 Å². The van der Waals surface area contributed by atoms with Crippen LogP contribution in [-0.2, 0) is 9.59 Å². The normalized spacial score (nSPS) is 18.0. The summed E-state index contributed by atoms with van der Waals surface area (Å²) in [6.45, 7) is 0. The maximum atomic E-state index is 12.1. The van der Waals surface area contributed by atoms with Gasteiger partial charge in [-0.1, -0.05) is 11.6 Å². The smallest absolute Gasteiger partial charge is 0.319 e. The number of halogens is 1. The maximum Gasteiger partial charge on any atom is 0.319 e. The molecular weight excluding hydrogens is 304 g/mol. The lowest BCUT2D eigenvalue weighted by Crippen LogP contribution is -2.40. The number of pyridine rings is 1. The van der Waals surface area contributed by atoms with Gasteiger partial charge in [-0.2, -0.15) is 0 Å². The largest absolute Gasteiger partial charge is 0.339 e. The third-order valence-electron chi connectivity index (χ3n) is 2.99. The van der Waals surface area contributed by atoms with Crippen LogP contribution in [0.4, 0.5) is 5.69 Å². The van der Waals surface area contributed by atoms with Gasteiger partial charge in [0.15, 0.2) is 0 Å². The average Bonchev–Trinajstić information content (AvgIpc) is 2.65. The van der Waals surface area contributed by atoms with Gasteiger partial charge in [-0.25, -0.2) is 4.98 Å². The van der Waals surface area contributed by atoms with Crippen molar-refractivity contribution in [1.29, 1.82) is 0 Å². The number of amides is 3. The van der Waals surface area contributed by atoms with E-state index in [2.05, 4.69) is 10.3 Å². The molecule has 1 aliphatic rings. The van der Waals surface area contributed by atoms with Crippen LogP contribution in [0.5, 0.6) is 0 Å². The third kappa shape index (κ3) is 2.68. The zero-order valence-corrected chi connectivity index (χ0v) is 11.5. The van der Waals surface area contributed by atoms with Crippen molar-refractivity contribution in [2.45, 2.75) is 12.5 Å². The van der Waals surface area contributed by atoms with Crippen molar-refractivity contribution in [3.63, 3.8) is 0 Å². The molecule has 0 saturated carbocycles. The number of nitro groups is 1. The first-order valence-electron chi connectivity index (χ1n) is 5.73. The van der Waals surface area contributed by atoms with Crippen molar-refractivity contribution >= 4 is 35.0 Å². The van der Waals surface area contributed by atoms with Gasteiger partial charge in [0.1, 0.15) is 11.6 Å². The molecule has 21 heavy (non-hydrogen) atoms. The molecule has 110 valence electrons. The van der Waals surface area contributed by atoms with Crippen molar-refractivity contribution in [3.05, 3.63) is 33.1 Å². The Kier molecular flexibility index (Phi) is 3.85. The summed E-state index contributed by atoms with van der Waals surface area (Å²) < 4.78 is 0. The fraction of sp³-hybridized carbons (Fsp3) is 0.273. The van der Waals surface area contributed by atoms with E-state index in [9.17, 15) is 24.5 Å². The maximum absolute atomic E-state index is 12.1. The summed E-state index contributed by atoms with van der Waals surface area (Å²) in [4.78, 5) is 49.6. The van der Waals surface area contributed by atoms with E-state index < -0.39 is 39.5 Å². The average molecular weight is 313 g/mol. The van der Waals surface area contributed by atoms with Gasteiger partial charge in [-0.3, -0.25) is 29.4 Å². The van der Waals surface area contributed by atoms with Gasteiger partial charge < -0.3 is 5.32 Å². The van der Waals surface area contributed by atoms with Gasteiger partial charge in [0.25, 0.3) is 11.8 Å². The highest BCUT2D eigenvalue weighted by molar-refractivity contribution is 6.32. The summed E-state index contributed by atoms with van der Waals surface area (Å²) in [5.74, 6) is -1.88. The molecule has 3 amide bonds. The minimum Gasteiger partial charge on any atom is -0.339 e. The second-order valence-corrected chi connectivity index (χ2v) is 4.63. The fourth-order valence-corrected chi connectivity index (χ4v) is 2.12. The van der Waals surface area contributed by atoms with Crippen LogP contribution in [-0.4, -0.2) is 45.6 Å². The molecule has 1 aromatic rings. The van der Waals surface area contributed by atoms with Crippen LogP contribution in [0, 0.1) is 10.1 Å². The number of hydrogen-bond donors (Lipinski definition) is 1. The topological polar surface area (TPSA) is 123 Å². The molecule has 0 radical (unpaired) electrons. The van der Waals surface area contributed by atoms with Gasteiger partial charge in [0, 0.05) is 13.2 Å². The number of imide groups is 1. The van der Waals surface area contributed by atoms with Crippen LogP contribution in [0.15, 0.2) is 12.3 Å². The van der Waals surface area contributed by atoms with Crippen LogP contribution >= 0.6 is 11.6 Å². The molecule has 0 spiro atoms. The van der Waals surface area contributed by atoms with Crippen LogP contribution < -0.4 is 5.32 Å². The van der Waals surface area contributed by atoms with E-state index >= 15 is 0 Å². The molecule has 0 bridgehead atoms. The molecule has 1 saturated heterocycles. The summed E-state index contributed by atoms with van der Waals surface area (Å²) in [5, 5.41) is 12.8. The van der Waals surface area contributed by atoms with E-state index in [4.69, 9.17) is 11.6 Å². The van der Waals surface area contributed by atoms with E-state index in [0.29, 0.717) is 0 Å². The van der Waals surface area contributed by atoms with Gasteiger partial charge in [-0.15, -0.1) is 0 Å². The first kappa shape index (κ1) is 14.9. The second kappa shape index (κ2) is 5.44. The molecule has 1 aliphatic heterocycles. The Hall–Kier alpha value is -2.55. The Balaban J connectivity index is 2.26. The number of hydrogen-bond acceptors (Lipinski definition) is 6. The van der Waals surface area contributed by atoms with Crippen molar-refractivity contribution in [2.75, 3.05) is 7.05 Å². The number of rotatable bonds is 3. The van der Waals surface area contributed by atoms with Crippen LogP contribution in [0.25, 0.3) is 0 Å². The van der Waals surface area contributed by atoms with Gasteiger partial charge in [-0.05, 0) is 6.07 Å². The summed E-state index contributed by atoms with van der Waals surface area (Å²) in [5.41, 5.74) is -0.975. The number of nitrogens with zero attached hydrogens (tertiary/aromatic N) is 3. The lowest BCUT2D eigenvalue weighted by atomic mass is 10.2. The zero-order chi connectivity index (χ0) is 15.7. The molecule has 2 heterocycles. The molecule has 1 N–H and O–H groups in total. The van der Waals surface area contributed by atoms with Crippen LogP contribution in [0.3, 0.4) is 0 Å². The van der Waals surface area contributed by atoms with E-state index in [1.165, 1.54) is 7.05 Å². The predicted octanol–water partition coefficient (Wildman–Crippen LogP) is 0.130. The molecule has 10 heteroatoms. The molecule has 0 aromatic carbocycles. The Morgan fingerprint density at radius 3 is 2.76 bits per heavy atom. The first-order chi connectivity index (χ1) is 9.82. The molecule has 1 unspecified atom stereocenters. The van der Waals surface area contributed by atoms with Crippen LogP contribution in [0.1, 0.15) is 16.8 Å². The Morgan fingerprint density at radius 1 is 1.57 bits per heavy atom. The number of carbonyl (C=O) groups is 3. The molecule has 9 nitrogen and oxygen atoms in total. The number of carbonyl (C=O) groups excluding carboxylic acids is 3. The Morgan fingerprint density at radius 2 is 2.24 bits per heavy atom. The fourth-order valence-electron chi connectivity index (χ4n) is 1.89.